The number of rotatable bonds is 3. The number of aromatic nitrogens is 1. The van der Waals surface area contributed by atoms with Crippen LogP contribution in [0.3, 0.4) is 0 Å². The van der Waals surface area contributed by atoms with Gasteiger partial charge in [-0.3, -0.25) is 0 Å². The number of dihydropyridines is 1. The van der Waals surface area contributed by atoms with Crippen molar-refractivity contribution in [2.24, 2.45) is 0 Å². The first-order chi connectivity index (χ1) is 22.4. The molecule has 0 amide bonds. The molecule has 0 spiro atoms. The molecule has 4 nitrogen and oxygen atoms in total. The molecule has 4 aromatic carbocycles. The van der Waals surface area contributed by atoms with E-state index in [1.165, 1.54) is 50.0 Å². The summed E-state index contributed by atoms with van der Waals surface area (Å²) in [7, 11) is 0. The lowest BCUT2D eigenvalue weighted by molar-refractivity contribution is 0.531. The maximum absolute atomic E-state index is 3.99. The SMILES string of the molecule is C1=CC2c3ccccc3N(C3=CC=CC(n4c5ccccc5c5c6c(ccc54)C4C=CC=CC4N6c4ccccc4)N3)C2C=C1. The van der Waals surface area contributed by atoms with E-state index in [1.54, 1.807) is 0 Å². The number of nitrogens with one attached hydrogen (secondary N) is 1. The highest BCUT2D eigenvalue weighted by Gasteiger charge is 2.41. The molecule has 0 fully saturated rings. The maximum atomic E-state index is 3.99. The quantitative estimate of drug-likeness (QED) is 0.230. The Morgan fingerprint density at radius 3 is 2.11 bits per heavy atom. The number of hydrogen-bond donors (Lipinski definition) is 1. The van der Waals surface area contributed by atoms with Gasteiger partial charge in [-0.1, -0.05) is 115 Å². The summed E-state index contributed by atoms with van der Waals surface area (Å²) in [4.78, 5) is 5.06. The van der Waals surface area contributed by atoms with Gasteiger partial charge in [-0.05, 0) is 53.6 Å². The fourth-order valence-electron chi connectivity index (χ4n) is 8.45. The van der Waals surface area contributed by atoms with Crippen LogP contribution in [0.15, 0.2) is 164 Å². The zero-order valence-electron chi connectivity index (χ0n) is 24.7. The van der Waals surface area contributed by atoms with Crippen LogP contribution < -0.4 is 15.1 Å². The van der Waals surface area contributed by atoms with Crippen LogP contribution >= 0.6 is 0 Å². The van der Waals surface area contributed by atoms with Crippen molar-refractivity contribution in [2.45, 2.75) is 30.1 Å². The summed E-state index contributed by atoms with van der Waals surface area (Å²) in [5.74, 6) is 1.80. The number of nitrogens with zero attached hydrogens (tertiary/aromatic N) is 3. The molecule has 5 aliphatic rings. The monoisotopic (exact) mass is 580 g/mol. The summed E-state index contributed by atoms with van der Waals surface area (Å²) in [6.07, 6.45) is 24.9. The summed E-state index contributed by atoms with van der Waals surface area (Å²) in [5, 5.41) is 6.59. The molecule has 4 heteroatoms. The van der Waals surface area contributed by atoms with Gasteiger partial charge in [0, 0.05) is 34.0 Å². The Labute approximate surface area is 262 Å². The standard InChI is InChI=1S/C41H32N4/c1-2-13-27(14-3-1)43-33-19-8-6-17-30(33)31-25-26-37-40(41(31)43)32-18-7-11-22-36(32)45(37)39-24-12-23-38(42-39)44-34-20-9-4-15-28(34)29-16-5-10-21-35(29)44/h1-26,28,30,33-34,39,42H. The maximum Gasteiger partial charge on any atom is 0.124 e. The number of allylic oxidation sites excluding steroid dienone is 6. The molecule has 10 rings (SSSR count). The molecule has 0 radical (unpaired) electrons. The van der Waals surface area contributed by atoms with Crippen LogP contribution in [-0.4, -0.2) is 16.7 Å². The Balaban J connectivity index is 1.14. The number of benzene rings is 4. The largest absolute Gasteiger partial charge is 0.348 e. The van der Waals surface area contributed by atoms with Crippen molar-refractivity contribution >= 4 is 38.9 Å². The number of hydrogen-bond acceptors (Lipinski definition) is 3. The van der Waals surface area contributed by atoms with Crippen LogP contribution in [0.5, 0.6) is 0 Å². The molecule has 1 aromatic heterocycles. The van der Waals surface area contributed by atoms with Crippen LogP contribution in [0.25, 0.3) is 21.8 Å². The van der Waals surface area contributed by atoms with Crippen molar-refractivity contribution in [1.82, 2.24) is 9.88 Å². The Bertz CT molecular complexity index is 2190. The highest BCUT2D eigenvalue weighted by atomic mass is 15.3. The molecule has 3 aliphatic heterocycles. The van der Waals surface area contributed by atoms with Crippen LogP contribution in [-0.2, 0) is 0 Å². The molecule has 0 saturated carbocycles. The van der Waals surface area contributed by atoms with E-state index in [-0.39, 0.29) is 18.2 Å². The third-order valence-electron chi connectivity index (χ3n) is 10.3. The Morgan fingerprint density at radius 2 is 1.24 bits per heavy atom. The van der Waals surface area contributed by atoms with Crippen molar-refractivity contribution in [3.8, 4) is 0 Å². The van der Waals surface area contributed by atoms with Gasteiger partial charge < -0.3 is 19.7 Å². The molecule has 5 aromatic rings. The first-order valence-electron chi connectivity index (χ1n) is 16.0. The van der Waals surface area contributed by atoms with Gasteiger partial charge in [0.15, 0.2) is 0 Å². The van der Waals surface area contributed by atoms with Crippen molar-refractivity contribution in [3.63, 3.8) is 0 Å². The Kier molecular flexibility index (Phi) is 5.26. The smallest absolute Gasteiger partial charge is 0.124 e. The summed E-state index contributed by atoms with van der Waals surface area (Å²) in [6.45, 7) is 0. The lowest BCUT2D eigenvalue weighted by atomic mass is 9.91. The van der Waals surface area contributed by atoms with E-state index in [0.717, 1.165) is 5.82 Å². The lowest BCUT2D eigenvalue weighted by Gasteiger charge is -2.35. The van der Waals surface area contributed by atoms with Crippen molar-refractivity contribution in [3.05, 3.63) is 175 Å². The highest BCUT2D eigenvalue weighted by molar-refractivity contribution is 6.16. The van der Waals surface area contributed by atoms with Crippen LogP contribution in [0.1, 0.15) is 29.1 Å². The zero-order valence-corrected chi connectivity index (χ0v) is 24.7. The van der Waals surface area contributed by atoms with Crippen LogP contribution in [0, 0.1) is 0 Å². The molecule has 2 aliphatic carbocycles. The van der Waals surface area contributed by atoms with E-state index in [2.05, 4.69) is 178 Å². The second kappa shape index (κ2) is 9.51. The molecule has 5 atom stereocenters. The van der Waals surface area contributed by atoms with Gasteiger partial charge in [-0.25, -0.2) is 0 Å². The molecule has 216 valence electrons. The minimum atomic E-state index is -0.0478. The first-order valence-corrected chi connectivity index (χ1v) is 16.0. The Hall–Kier alpha value is -5.48. The number of fused-ring (bicyclic) bond motifs is 10. The molecular weight excluding hydrogens is 548 g/mol. The average molecular weight is 581 g/mol. The lowest BCUT2D eigenvalue weighted by Crippen LogP contribution is -2.41. The summed E-state index contributed by atoms with van der Waals surface area (Å²) < 4.78 is 2.50. The van der Waals surface area contributed by atoms with Gasteiger partial charge in [0.05, 0.1) is 28.8 Å². The van der Waals surface area contributed by atoms with Gasteiger partial charge in [0.2, 0.25) is 0 Å². The number of anilines is 3. The van der Waals surface area contributed by atoms with E-state index in [9.17, 15) is 0 Å². The Morgan fingerprint density at radius 1 is 0.533 bits per heavy atom. The molecule has 4 heterocycles. The third-order valence-corrected chi connectivity index (χ3v) is 10.3. The van der Waals surface area contributed by atoms with Gasteiger partial charge in [-0.2, -0.15) is 0 Å². The summed E-state index contributed by atoms with van der Waals surface area (Å²) >= 11 is 0. The fraction of sp³-hybridized carbons (Fsp3) is 0.122. The highest BCUT2D eigenvalue weighted by Crippen LogP contribution is 2.53. The van der Waals surface area contributed by atoms with Gasteiger partial charge in [0.25, 0.3) is 0 Å². The van der Waals surface area contributed by atoms with Gasteiger partial charge in [0.1, 0.15) is 12.0 Å². The minimum absolute atomic E-state index is 0.0478. The molecule has 0 bridgehead atoms. The topological polar surface area (TPSA) is 23.4 Å². The molecule has 0 saturated heterocycles. The molecular formula is C41H32N4. The summed E-state index contributed by atoms with van der Waals surface area (Å²) in [5.41, 5.74) is 9.08. The van der Waals surface area contributed by atoms with E-state index >= 15 is 0 Å². The average Bonchev–Trinajstić information content (AvgIpc) is 3.74. The second-order valence-electron chi connectivity index (χ2n) is 12.5. The minimum Gasteiger partial charge on any atom is -0.348 e. The van der Waals surface area contributed by atoms with E-state index in [4.69, 9.17) is 0 Å². The molecule has 5 unspecified atom stereocenters. The van der Waals surface area contributed by atoms with Gasteiger partial charge >= 0.3 is 0 Å². The predicted octanol–water partition coefficient (Wildman–Crippen LogP) is 9.12. The van der Waals surface area contributed by atoms with Crippen molar-refractivity contribution in [1.29, 1.82) is 0 Å². The normalized spacial score (nSPS) is 25.3. The number of para-hydroxylation sites is 3. The van der Waals surface area contributed by atoms with Crippen LogP contribution in [0.2, 0.25) is 0 Å². The fourth-order valence-corrected chi connectivity index (χ4v) is 8.45. The van der Waals surface area contributed by atoms with E-state index in [0.29, 0.717) is 11.8 Å². The predicted molar refractivity (Wildman–Crippen MR) is 186 cm³/mol. The van der Waals surface area contributed by atoms with E-state index < -0.39 is 0 Å². The van der Waals surface area contributed by atoms with Gasteiger partial charge in [-0.15, -0.1) is 0 Å². The summed E-state index contributed by atoms with van der Waals surface area (Å²) in [6, 6.07) is 33.9. The van der Waals surface area contributed by atoms with Crippen molar-refractivity contribution < 1.29 is 0 Å². The second-order valence-corrected chi connectivity index (χ2v) is 12.5. The van der Waals surface area contributed by atoms with Crippen molar-refractivity contribution in [2.75, 3.05) is 9.80 Å². The third kappa shape index (κ3) is 3.48. The molecule has 45 heavy (non-hydrogen) atoms. The zero-order chi connectivity index (χ0) is 29.5. The molecule has 1 N–H and O–H groups in total. The van der Waals surface area contributed by atoms with Crippen LogP contribution in [0.4, 0.5) is 17.1 Å². The first kappa shape index (κ1) is 24.9. The van der Waals surface area contributed by atoms with E-state index in [1.807, 2.05) is 0 Å².